The first-order chi connectivity index (χ1) is 30.3. The Morgan fingerprint density at radius 3 is 1.35 bits per heavy atom. The Morgan fingerprint density at radius 2 is 0.921 bits per heavy atom. The van der Waals surface area contributed by atoms with E-state index < -0.39 is 75.2 Å². The molecule has 0 aliphatic heterocycles. The van der Waals surface area contributed by atoms with E-state index in [0.29, 0.717) is 12.8 Å². The normalized spacial score (nSPS) is 23.0. The molecule has 0 aromatic carbocycles. The fourth-order valence-corrected chi connectivity index (χ4v) is 9.09. The third-order valence-corrected chi connectivity index (χ3v) is 13.3. The monoisotopic (exact) mass is 920 g/mol. The molecule has 0 aromatic heterocycles. The molecule has 372 valence electrons. The summed E-state index contributed by atoms with van der Waals surface area (Å²) < 4.78 is 22.9. The quantitative estimate of drug-likeness (QED) is 0.0159. The van der Waals surface area contributed by atoms with Crippen LogP contribution < -0.4 is 5.32 Å². The highest BCUT2D eigenvalue weighted by atomic mass is 31.2. The van der Waals surface area contributed by atoms with Crippen LogP contribution in [-0.2, 0) is 18.4 Å². The maximum atomic E-state index is 13.0. The zero-order valence-corrected chi connectivity index (χ0v) is 40.4. The Morgan fingerprint density at radius 1 is 0.556 bits per heavy atom. The van der Waals surface area contributed by atoms with Crippen molar-refractivity contribution in [3.05, 3.63) is 24.3 Å². The van der Waals surface area contributed by atoms with Crippen molar-refractivity contribution in [3.8, 4) is 0 Å². The average Bonchev–Trinajstić information content (AvgIpc) is 3.26. The Hall–Kier alpha value is -1.22. The van der Waals surface area contributed by atoms with Crippen LogP contribution >= 0.6 is 7.82 Å². The third kappa shape index (κ3) is 30.6. The van der Waals surface area contributed by atoms with Gasteiger partial charge in [0.25, 0.3) is 0 Å². The van der Waals surface area contributed by atoms with Gasteiger partial charge in [0.1, 0.15) is 36.6 Å². The maximum absolute atomic E-state index is 13.0. The Kier molecular flexibility index (Phi) is 36.9. The number of phosphoric ester groups is 1. The third-order valence-electron chi connectivity index (χ3n) is 12.3. The summed E-state index contributed by atoms with van der Waals surface area (Å²) in [6.07, 6.45) is 29.7. The lowest BCUT2D eigenvalue weighted by Crippen LogP contribution is -2.64. The van der Waals surface area contributed by atoms with Gasteiger partial charge in [-0.3, -0.25) is 13.8 Å². The van der Waals surface area contributed by atoms with E-state index in [1.807, 2.05) is 0 Å². The van der Waals surface area contributed by atoms with Crippen LogP contribution in [0.5, 0.6) is 0 Å². The Labute approximate surface area is 382 Å². The number of carbonyl (C=O) groups is 1. The zero-order chi connectivity index (χ0) is 46.6. The van der Waals surface area contributed by atoms with E-state index in [1.165, 1.54) is 128 Å². The predicted molar refractivity (Wildman–Crippen MR) is 252 cm³/mol. The summed E-state index contributed by atoms with van der Waals surface area (Å²) >= 11 is 0. The lowest BCUT2D eigenvalue weighted by Gasteiger charge is -2.41. The average molecular weight is 920 g/mol. The molecule has 0 saturated heterocycles. The molecule has 1 aliphatic rings. The molecule has 8 atom stereocenters. The number of aliphatic hydroxyl groups excluding tert-OH is 7. The van der Waals surface area contributed by atoms with Crippen LogP contribution in [0.25, 0.3) is 0 Å². The van der Waals surface area contributed by atoms with Crippen molar-refractivity contribution < 1.29 is 59.0 Å². The van der Waals surface area contributed by atoms with Gasteiger partial charge >= 0.3 is 7.82 Å². The van der Waals surface area contributed by atoms with Crippen LogP contribution in [0.3, 0.4) is 0 Å². The first kappa shape index (κ1) is 59.8. The molecule has 1 rings (SSSR count). The molecule has 8 unspecified atom stereocenters. The molecule has 0 heterocycles. The summed E-state index contributed by atoms with van der Waals surface area (Å²) in [5.74, 6) is -0.596. The van der Waals surface area contributed by atoms with E-state index in [-0.39, 0.29) is 6.42 Å². The Bertz CT molecular complexity index is 1180. The van der Waals surface area contributed by atoms with Crippen LogP contribution in [0.1, 0.15) is 219 Å². The number of unbranched alkanes of at least 4 members (excludes halogenated alkanes) is 27. The number of carbonyl (C=O) groups excluding carboxylic acids is 1. The molecule has 1 saturated carbocycles. The van der Waals surface area contributed by atoms with Crippen molar-refractivity contribution in [2.45, 2.75) is 274 Å². The summed E-state index contributed by atoms with van der Waals surface area (Å²) in [6, 6.07) is -1.24. The fraction of sp³-hybridized carbons (Fsp3) is 0.898. The fourth-order valence-electron chi connectivity index (χ4n) is 8.12. The van der Waals surface area contributed by atoms with Crippen molar-refractivity contribution in [1.29, 1.82) is 0 Å². The first-order valence-corrected chi connectivity index (χ1v) is 26.9. The second kappa shape index (κ2) is 38.8. The van der Waals surface area contributed by atoms with Crippen LogP contribution in [-0.4, -0.2) is 108 Å². The lowest BCUT2D eigenvalue weighted by atomic mass is 9.85. The van der Waals surface area contributed by atoms with Crippen LogP contribution in [0, 0.1) is 0 Å². The highest BCUT2D eigenvalue weighted by Gasteiger charge is 2.51. The van der Waals surface area contributed by atoms with Gasteiger partial charge in [-0.15, -0.1) is 0 Å². The topological polar surface area (TPSA) is 226 Å². The molecule has 14 heteroatoms. The highest BCUT2D eigenvalue weighted by molar-refractivity contribution is 7.47. The lowest BCUT2D eigenvalue weighted by molar-refractivity contribution is -0.220. The molecule has 0 radical (unpaired) electrons. The molecule has 0 bridgehead atoms. The van der Waals surface area contributed by atoms with Crippen molar-refractivity contribution >= 4 is 13.7 Å². The van der Waals surface area contributed by atoms with E-state index in [1.54, 1.807) is 6.08 Å². The molecule has 63 heavy (non-hydrogen) atoms. The molecular weight excluding hydrogens is 826 g/mol. The summed E-state index contributed by atoms with van der Waals surface area (Å²) in [4.78, 5) is 23.5. The molecule has 0 spiro atoms. The molecule has 1 aliphatic carbocycles. The number of amides is 1. The number of hydrogen-bond donors (Lipinski definition) is 9. The molecule has 0 aromatic rings. The number of rotatable bonds is 42. The van der Waals surface area contributed by atoms with E-state index in [4.69, 9.17) is 9.05 Å². The second-order valence-corrected chi connectivity index (χ2v) is 19.6. The van der Waals surface area contributed by atoms with Gasteiger partial charge in [0.15, 0.2) is 0 Å². The molecule has 1 amide bonds. The summed E-state index contributed by atoms with van der Waals surface area (Å²) in [6.45, 7) is 3.75. The van der Waals surface area contributed by atoms with Crippen molar-refractivity contribution in [1.82, 2.24) is 5.32 Å². The zero-order valence-electron chi connectivity index (χ0n) is 39.5. The second-order valence-electron chi connectivity index (χ2n) is 18.2. The van der Waals surface area contributed by atoms with Crippen LogP contribution in [0.4, 0.5) is 0 Å². The smallest absolute Gasteiger partial charge is 0.393 e. The first-order valence-electron chi connectivity index (χ1n) is 25.4. The summed E-state index contributed by atoms with van der Waals surface area (Å²) in [7, 11) is -5.14. The predicted octanol–water partition coefficient (Wildman–Crippen LogP) is 9.15. The van der Waals surface area contributed by atoms with Gasteiger partial charge in [0.05, 0.1) is 31.3 Å². The number of phosphoric acid groups is 1. The maximum Gasteiger partial charge on any atom is 0.472 e. The van der Waals surface area contributed by atoms with Crippen molar-refractivity contribution in [2.24, 2.45) is 0 Å². The standard InChI is InChI=1S/C49H94NO12P/c1-3-5-7-9-11-13-15-17-19-20-21-23-24-26-28-30-32-34-36-40(51)38-43(53)50-41(39-61-63(59,60)62-49-47(57)45(55)44(54)46(56)48(49)58)42(52)37-35-33-31-29-27-25-22-18-16-14-12-10-8-6-4-2/h21,23,35,37,40-42,44-49,51-52,54-58H,3-20,22,24-34,36,38-39H2,1-2H3,(H,50,53)(H,59,60)/b23-21-,37-35+. The van der Waals surface area contributed by atoms with Gasteiger partial charge in [0.2, 0.25) is 5.91 Å². The summed E-state index contributed by atoms with van der Waals surface area (Å²) in [5, 5.41) is 74.6. The van der Waals surface area contributed by atoms with E-state index in [0.717, 1.165) is 64.2 Å². The van der Waals surface area contributed by atoms with E-state index in [9.17, 15) is 50.0 Å². The number of aliphatic hydroxyl groups is 7. The molecule has 1 fully saturated rings. The van der Waals surface area contributed by atoms with Gasteiger partial charge in [-0.05, 0) is 44.9 Å². The van der Waals surface area contributed by atoms with Gasteiger partial charge < -0.3 is 46.0 Å². The summed E-state index contributed by atoms with van der Waals surface area (Å²) in [5.41, 5.74) is 0. The van der Waals surface area contributed by atoms with Gasteiger partial charge in [0, 0.05) is 0 Å². The largest absolute Gasteiger partial charge is 0.472 e. The van der Waals surface area contributed by atoms with Crippen LogP contribution in [0.2, 0.25) is 0 Å². The molecular formula is C49H94NO12P. The highest BCUT2D eigenvalue weighted by Crippen LogP contribution is 2.47. The minimum Gasteiger partial charge on any atom is -0.393 e. The number of allylic oxidation sites excluding steroid dienone is 3. The number of hydrogen-bond acceptors (Lipinski definition) is 11. The minimum absolute atomic E-state index is 0.249. The van der Waals surface area contributed by atoms with Crippen molar-refractivity contribution in [2.75, 3.05) is 6.61 Å². The van der Waals surface area contributed by atoms with Gasteiger partial charge in [-0.1, -0.05) is 192 Å². The van der Waals surface area contributed by atoms with Crippen LogP contribution in [0.15, 0.2) is 24.3 Å². The van der Waals surface area contributed by atoms with E-state index >= 15 is 0 Å². The number of nitrogens with one attached hydrogen (secondary N) is 1. The van der Waals surface area contributed by atoms with E-state index in [2.05, 4.69) is 31.3 Å². The minimum atomic E-state index is -5.14. The van der Waals surface area contributed by atoms with Gasteiger partial charge in [-0.25, -0.2) is 4.57 Å². The Balaban J connectivity index is 2.50. The molecule has 13 nitrogen and oxygen atoms in total. The van der Waals surface area contributed by atoms with Crippen molar-refractivity contribution in [3.63, 3.8) is 0 Å². The van der Waals surface area contributed by atoms with Gasteiger partial charge in [-0.2, -0.15) is 0 Å². The SMILES string of the molecule is CCCCCCCCCCC/C=C\CCCCCCCC(O)CC(=O)NC(COP(=O)(O)OC1C(O)C(O)C(O)C(O)C1O)C(O)/C=C/CCCCCCCCCCCCCCC. The molecule has 9 N–H and O–H groups in total.